The first kappa shape index (κ1) is 25.0. The number of nitrogens with zero attached hydrogens (tertiary/aromatic N) is 4. The highest BCUT2D eigenvalue weighted by Crippen LogP contribution is 2.51. The zero-order valence-electron chi connectivity index (χ0n) is 84.5. The van der Waals surface area contributed by atoms with E-state index >= 15 is 0 Å². The molecule has 0 spiro atoms. The van der Waals surface area contributed by atoms with Crippen molar-refractivity contribution in [3.8, 4) is 101 Å². The van der Waals surface area contributed by atoms with Crippen molar-refractivity contribution in [1.82, 2.24) is 19.9 Å². The Bertz CT molecular complexity index is 7820. The van der Waals surface area contributed by atoms with Gasteiger partial charge in [0.15, 0.2) is 0 Å². The molecule has 88 heavy (non-hydrogen) atoms. The molecular weight excluding hydrogens is 1070 g/mol. The highest BCUT2D eigenvalue weighted by molar-refractivity contribution is 6.13. The molecule has 0 saturated heterocycles. The number of pyridine rings is 4. The second kappa shape index (κ2) is 22.3. The van der Waals surface area contributed by atoms with Gasteiger partial charge in [-0.15, -0.1) is 0 Å². The molecule has 6 heterocycles. The maximum Gasteiger partial charge on any atom is 0.143 e. The van der Waals surface area contributed by atoms with E-state index < -0.39 is 298 Å². The lowest BCUT2D eigenvalue weighted by Gasteiger charge is -2.14. The molecule has 17 rings (SSSR count). The van der Waals surface area contributed by atoms with Crippen LogP contribution in [0.25, 0.3) is 166 Å². The van der Waals surface area contributed by atoms with E-state index in [-0.39, 0.29) is 99.2 Å². The first-order chi connectivity index (χ1) is 60.3. The first-order valence-electron chi connectivity index (χ1n) is 46.3. The fourth-order valence-electron chi connectivity index (χ4n) is 10.3. The third-order valence-electron chi connectivity index (χ3n) is 14.0. The summed E-state index contributed by atoms with van der Waals surface area (Å²) >= 11 is 0. The Morgan fingerprint density at radius 3 is 1.14 bits per heavy atom. The van der Waals surface area contributed by atoms with Gasteiger partial charge in [-0.25, -0.2) is 9.97 Å². The Hall–Kier alpha value is -11.9. The predicted molar refractivity (Wildman–Crippen MR) is 363 cm³/mol. The summed E-state index contributed by atoms with van der Waals surface area (Å²) in [6.07, 6.45) is -1.23. The summed E-state index contributed by atoms with van der Waals surface area (Å²) in [5.74, 6) is -2.24. The molecule has 0 unspecified atom stereocenters. The van der Waals surface area contributed by atoms with Gasteiger partial charge in [0.1, 0.15) is 23.0 Å². The minimum atomic E-state index is -0.858. The summed E-state index contributed by atoms with van der Waals surface area (Å²) in [5.41, 5.74) is -4.40. The van der Waals surface area contributed by atoms with Crippen LogP contribution in [0.5, 0.6) is 0 Å². The number of aromatic nitrogens is 4. The minimum absolute atomic E-state index is 0.00108. The molecule has 0 aliphatic rings. The molecule has 0 aliphatic heterocycles. The molecule has 11 aromatic carbocycles. The maximum absolute atomic E-state index is 9.45. The zero-order chi connectivity index (χ0) is 93.1. The number of fused-ring (bicyclic) bond motifs is 8. The molecular formula is C82H52N4O2. The molecule has 0 N–H and O–H groups in total. The number of hydrogen-bond acceptors (Lipinski definition) is 6. The standard InChI is InChI=1S/C44H28N2O.C38H24N2O/c1-4-13-29(14-5-1)39-40(44(33-17-8-3-9-18-33)47-43(39)32-15-6-2-7-16-32)37-26-25-36(34-20-10-11-21-35(34)37)38-27-24-31-23-22-30-19-12-28-45-41(30)42(31)46-38;1-3-10-25(11-4-1)35-24-33(38(41-35)28-12-5-2-6-13-28)31-20-21-32(30-16-8-7-15-29(30)31)34-22-19-27-18-17-26-14-9-23-39-36(26)37(27)40-34/h1-28H;1-24H/i1D,2D,3D,4D,5D,6D,7D,8D,9D,12D,13D,14D,15D,16D,17D,18D,19D,22D,23D,24D,27D,28D;1D,2D,3D,4D,5D,6D,9D,10D,11D,12D,13D,14D,17D,18D,19D,22D,23D,24D. The van der Waals surface area contributed by atoms with Gasteiger partial charge < -0.3 is 8.83 Å². The summed E-state index contributed by atoms with van der Waals surface area (Å²) in [4.78, 5) is 17.6. The normalized spacial score (nSPS) is 17.8. The van der Waals surface area contributed by atoms with Crippen LogP contribution in [-0.2, 0) is 0 Å². The number of hydrogen-bond donors (Lipinski definition) is 0. The fraction of sp³-hybridized carbons (Fsp3) is 0. The van der Waals surface area contributed by atoms with Crippen LogP contribution in [0, 0.1) is 0 Å². The fourth-order valence-corrected chi connectivity index (χ4v) is 10.3. The van der Waals surface area contributed by atoms with Crippen molar-refractivity contribution in [2.75, 3.05) is 0 Å². The highest BCUT2D eigenvalue weighted by Gasteiger charge is 2.27. The van der Waals surface area contributed by atoms with Gasteiger partial charge in [0, 0.05) is 84.0 Å². The molecule has 0 bridgehead atoms. The van der Waals surface area contributed by atoms with Crippen molar-refractivity contribution in [3.63, 3.8) is 0 Å². The van der Waals surface area contributed by atoms with E-state index in [0.717, 1.165) is 0 Å². The van der Waals surface area contributed by atoms with Crippen LogP contribution in [0.2, 0.25) is 0 Å². The highest BCUT2D eigenvalue weighted by atomic mass is 16.3. The average molecular weight is 1170 g/mol. The van der Waals surface area contributed by atoms with Crippen molar-refractivity contribution < 1.29 is 63.7 Å². The van der Waals surface area contributed by atoms with Gasteiger partial charge in [-0.1, -0.05) is 272 Å². The summed E-state index contributed by atoms with van der Waals surface area (Å²) in [6.45, 7) is 0. The van der Waals surface area contributed by atoms with E-state index in [2.05, 4.69) is 19.9 Å². The molecule has 6 heteroatoms. The molecule has 17 aromatic rings. The Kier molecular flexibility index (Phi) is 6.33. The molecule has 0 aliphatic carbocycles. The van der Waals surface area contributed by atoms with Gasteiger partial charge in [-0.3, -0.25) is 9.97 Å². The van der Waals surface area contributed by atoms with Crippen molar-refractivity contribution in [2.24, 2.45) is 0 Å². The second-order valence-corrected chi connectivity index (χ2v) is 18.9. The summed E-state index contributed by atoms with van der Waals surface area (Å²) < 4.78 is 358. The van der Waals surface area contributed by atoms with E-state index in [1.165, 1.54) is 30.3 Å². The van der Waals surface area contributed by atoms with Crippen LogP contribution < -0.4 is 0 Å². The second-order valence-electron chi connectivity index (χ2n) is 18.9. The number of benzene rings is 11. The van der Waals surface area contributed by atoms with Crippen LogP contribution in [0.3, 0.4) is 0 Å². The summed E-state index contributed by atoms with van der Waals surface area (Å²) in [7, 11) is 0. The smallest absolute Gasteiger partial charge is 0.143 e. The monoisotopic (exact) mass is 1160 g/mol. The maximum atomic E-state index is 9.45. The Morgan fingerprint density at radius 2 is 0.648 bits per heavy atom. The molecule has 0 atom stereocenters. The van der Waals surface area contributed by atoms with Gasteiger partial charge in [0.25, 0.3) is 0 Å². The van der Waals surface area contributed by atoms with Gasteiger partial charge >= 0.3 is 0 Å². The van der Waals surface area contributed by atoms with Crippen LogP contribution >= 0.6 is 0 Å². The van der Waals surface area contributed by atoms with Crippen LogP contribution in [0.4, 0.5) is 0 Å². The summed E-state index contributed by atoms with van der Waals surface area (Å²) in [5, 5.41) is 0.0493. The number of rotatable bonds is 9. The lowest BCUT2D eigenvalue weighted by atomic mass is 9.87. The average Bonchev–Trinajstić information content (AvgIpc) is 1.51. The Morgan fingerprint density at radius 1 is 0.273 bits per heavy atom. The molecule has 0 amide bonds. The molecule has 0 radical (unpaired) electrons. The quantitative estimate of drug-likeness (QED) is 0.134. The molecule has 0 saturated carbocycles. The van der Waals surface area contributed by atoms with Gasteiger partial charge in [-0.05, 0) is 68.4 Å². The Labute approximate surface area is 564 Å². The van der Waals surface area contributed by atoms with Crippen LogP contribution in [0.1, 0.15) is 54.8 Å². The van der Waals surface area contributed by atoms with E-state index in [0.29, 0.717) is 10.8 Å². The van der Waals surface area contributed by atoms with E-state index in [9.17, 15) is 5.48 Å². The molecule has 412 valence electrons. The SMILES string of the molecule is [2H]c1nc2c(c([2H])c1[2H])c([2H])c([2H])c1c([2H])c([2H])c(-c3ccc(-c4c(-c5c([2H])c([2H])c([2H])c([2H])c5[2H])oc(-c5c([2H])c([2H])c([2H])c([2H])c5[2H])c4-c4c([2H])c([2H])c([2H])c([2H])c4[2H])c4ccccc34)nc12.[2H]c1nc2c(c([2H])c1[2H])c([2H])c([2H])c1c([2H])c([2H])c(-c3ccc(-c4c(-c5c([2H])c([2H])c([2H])c([2H])c5[2H])oc(-c5c([2H])c([2H])c([2H])c([2H])c5[2H])c4[2H])c4ccccc34)nc12. The van der Waals surface area contributed by atoms with E-state index in [1.54, 1.807) is 42.5 Å². The molecule has 0 fully saturated rings. The largest absolute Gasteiger partial charge is 0.455 e. The van der Waals surface area contributed by atoms with Gasteiger partial charge in [0.2, 0.25) is 0 Å². The third kappa shape index (κ3) is 9.33. The van der Waals surface area contributed by atoms with Crippen LogP contribution in [-0.4, -0.2) is 19.9 Å². The predicted octanol–water partition coefficient (Wildman–Crippen LogP) is 22.1. The Balaban J connectivity index is 0.000000190. The zero-order valence-corrected chi connectivity index (χ0v) is 44.5. The lowest BCUT2D eigenvalue weighted by Crippen LogP contribution is -1.92. The van der Waals surface area contributed by atoms with Gasteiger partial charge in [0.05, 0.1) is 88.3 Å². The van der Waals surface area contributed by atoms with E-state index in [1.807, 2.05) is 0 Å². The summed E-state index contributed by atoms with van der Waals surface area (Å²) in [6, 6.07) is -8.19. The molecule has 6 aromatic heterocycles. The van der Waals surface area contributed by atoms with Crippen molar-refractivity contribution in [1.29, 1.82) is 0 Å². The van der Waals surface area contributed by atoms with Crippen LogP contribution in [0.15, 0.2) is 324 Å². The first-order valence-corrected chi connectivity index (χ1v) is 26.3. The van der Waals surface area contributed by atoms with Crippen molar-refractivity contribution in [2.45, 2.75) is 0 Å². The van der Waals surface area contributed by atoms with E-state index in [4.69, 9.17) is 58.2 Å². The van der Waals surface area contributed by atoms with Gasteiger partial charge in [-0.2, -0.15) is 0 Å². The number of furan rings is 2. The lowest BCUT2D eigenvalue weighted by molar-refractivity contribution is 0.598. The topological polar surface area (TPSA) is 77.8 Å². The van der Waals surface area contributed by atoms with Crippen molar-refractivity contribution >= 4 is 65.2 Å². The minimum Gasteiger partial charge on any atom is -0.455 e. The van der Waals surface area contributed by atoms with Crippen molar-refractivity contribution in [3.05, 3.63) is 315 Å². The third-order valence-corrected chi connectivity index (χ3v) is 14.0. The molecule has 6 nitrogen and oxygen atoms in total.